The van der Waals surface area contributed by atoms with E-state index in [9.17, 15) is 9.18 Å². The van der Waals surface area contributed by atoms with Gasteiger partial charge < -0.3 is 9.80 Å². The molecular formula is C14H15FN4OS. The number of hydrogen-bond donors (Lipinski definition) is 0. The molecular weight excluding hydrogens is 291 g/mol. The summed E-state index contributed by atoms with van der Waals surface area (Å²) in [5.74, 6) is 0.681. The summed E-state index contributed by atoms with van der Waals surface area (Å²) in [5, 5.41) is 0. The fourth-order valence-corrected chi connectivity index (χ4v) is 2.81. The zero-order valence-corrected chi connectivity index (χ0v) is 12.2. The number of aromatic nitrogens is 2. The summed E-state index contributed by atoms with van der Waals surface area (Å²) in [6, 6.07) is 6.08. The zero-order chi connectivity index (χ0) is 14.7. The number of halogens is 1. The highest BCUT2D eigenvalue weighted by Crippen LogP contribution is 2.14. The zero-order valence-electron chi connectivity index (χ0n) is 11.4. The molecule has 0 unspecified atom stereocenters. The van der Waals surface area contributed by atoms with Crippen LogP contribution in [-0.4, -0.2) is 45.7 Å². The van der Waals surface area contributed by atoms with Gasteiger partial charge in [-0.25, -0.2) is 4.39 Å². The Labute approximate surface area is 126 Å². The lowest BCUT2D eigenvalue weighted by Gasteiger charge is -2.34. The van der Waals surface area contributed by atoms with Gasteiger partial charge in [-0.1, -0.05) is 12.1 Å². The molecule has 0 spiro atoms. The van der Waals surface area contributed by atoms with Crippen LogP contribution < -0.4 is 4.90 Å². The van der Waals surface area contributed by atoms with Gasteiger partial charge in [0.05, 0.1) is 24.3 Å². The predicted molar refractivity (Wildman–Crippen MR) is 78.8 cm³/mol. The van der Waals surface area contributed by atoms with Gasteiger partial charge in [-0.05, 0) is 17.7 Å². The summed E-state index contributed by atoms with van der Waals surface area (Å²) in [7, 11) is 0. The van der Waals surface area contributed by atoms with Crippen molar-refractivity contribution in [2.45, 2.75) is 6.42 Å². The van der Waals surface area contributed by atoms with Crippen molar-refractivity contribution < 1.29 is 9.18 Å². The van der Waals surface area contributed by atoms with Crippen molar-refractivity contribution >= 4 is 23.5 Å². The van der Waals surface area contributed by atoms with Crippen LogP contribution in [0, 0.1) is 5.82 Å². The molecule has 0 bridgehead atoms. The second-order valence-electron chi connectivity index (χ2n) is 4.94. The minimum absolute atomic E-state index is 0.0812. The first-order valence-corrected chi connectivity index (χ1v) is 7.50. The van der Waals surface area contributed by atoms with E-state index in [2.05, 4.69) is 13.6 Å². The Bertz CT molecular complexity index is 594. The molecule has 2 aromatic rings. The lowest BCUT2D eigenvalue weighted by Crippen LogP contribution is -2.49. The van der Waals surface area contributed by atoms with Crippen molar-refractivity contribution in [1.82, 2.24) is 13.6 Å². The molecule has 0 radical (unpaired) electrons. The van der Waals surface area contributed by atoms with Gasteiger partial charge in [-0.15, -0.1) is 0 Å². The van der Waals surface area contributed by atoms with Gasteiger partial charge in [-0.2, -0.15) is 8.75 Å². The third-order valence-corrected chi connectivity index (χ3v) is 4.04. The fourth-order valence-electron chi connectivity index (χ4n) is 2.37. The second-order valence-corrected chi connectivity index (χ2v) is 5.49. The predicted octanol–water partition coefficient (Wildman–Crippen LogP) is 1.57. The highest BCUT2D eigenvalue weighted by molar-refractivity contribution is 6.99. The van der Waals surface area contributed by atoms with Gasteiger partial charge >= 0.3 is 0 Å². The number of carbonyl (C=O) groups excluding carboxylic acids is 1. The van der Waals surface area contributed by atoms with E-state index < -0.39 is 0 Å². The quantitative estimate of drug-likeness (QED) is 0.864. The van der Waals surface area contributed by atoms with Gasteiger partial charge in [0.2, 0.25) is 5.91 Å². The maximum Gasteiger partial charge on any atom is 0.227 e. The van der Waals surface area contributed by atoms with Crippen molar-refractivity contribution in [3.8, 4) is 0 Å². The Morgan fingerprint density at radius 2 is 1.90 bits per heavy atom. The molecule has 110 valence electrons. The second kappa shape index (κ2) is 6.17. The van der Waals surface area contributed by atoms with Crippen LogP contribution in [0.25, 0.3) is 0 Å². The van der Waals surface area contributed by atoms with Gasteiger partial charge in [0, 0.05) is 26.2 Å². The molecule has 0 aliphatic carbocycles. The van der Waals surface area contributed by atoms with E-state index in [0.717, 1.165) is 24.5 Å². The first-order valence-electron chi connectivity index (χ1n) is 6.77. The van der Waals surface area contributed by atoms with E-state index in [1.807, 2.05) is 4.90 Å². The van der Waals surface area contributed by atoms with Crippen LogP contribution in [0.5, 0.6) is 0 Å². The third kappa shape index (κ3) is 3.36. The number of nitrogens with zero attached hydrogens (tertiary/aromatic N) is 4. The smallest absolute Gasteiger partial charge is 0.227 e. The topological polar surface area (TPSA) is 49.3 Å². The summed E-state index contributed by atoms with van der Waals surface area (Å²) < 4.78 is 21.0. The van der Waals surface area contributed by atoms with Gasteiger partial charge in [0.25, 0.3) is 0 Å². The molecule has 2 heterocycles. The lowest BCUT2D eigenvalue weighted by molar-refractivity contribution is -0.130. The molecule has 7 heteroatoms. The van der Waals surface area contributed by atoms with Crippen molar-refractivity contribution in [3.63, 3.8) is 0 Å². The maximum absolute atomic E-state index is 12.8. The minimum Gasteiger partial charge on any atom is -0.351 e. The Kier molecular flexibility index (Phi) is 4.10. The number of anilines is 1. The largest absolute Gasteiger partial charge is 0.351 e. The van der Waals surface area contributed by atoms with Gasteiger partial charge in [0.15, 0.2) is 5.82 Å². The van der Waals surface area contributed by atoms with Crippen molar-refractivity contribution in [2.75, 3.05) is 31.1 Å². The fraction of sp³-hybridized carbons (Fsp3) is 0.357. The lowest BCUT2D eigenvalue weighted by atomic mass is 10.1. The van der Waals surface area contributed by atoms with Gasteiger partial charge in [-0.3, -0.25) is 4.79 Å². The highest BCUT2D eigenvalue weighted by Gasteiger charge is 2.22. The van der Waals surface area contributed by atoms with E-state index in [1.165, 1.54) is 23.9 Å². The summed E-state index contributed by atoms with van der Waals surface area (Å²) >= 11 is 1.19. The first-order chi connectivity index (χ1) is 10.2. The average molecular weight is 306 g/mol. The molecule has 0 saturated carbocycles. The number of piperazine rings is 1. The van der Waals surface area contributed by atoms with Crippen LogP contribution in [0.1, 0.15) is 5.56 Å². The van der Waals surface area contributed by atoms with Crippen LogP contribution in [0.15, 0.2) is 30.5 Å². The molecule has 1 amide bonds. The average Bonchev–Trinajstić information content (AvgIpc) is 3.04. The number of hydrogen-bond acceptors (Lipinski definition) is 5. The van der Waals surface area contributed by atoms with E-state index in [1.54, 1.807) is 18.3 Å². The summed E-state index contributed by atoms with van der Waals surface area (Å²) in [4.78, 5) is 16.2. The Hall–Kier alpha value is -2.02. The SMILES string of the molecule is O=C(Cc1ccc(F)cc1)N1CCN(c2cnsn2)CC1. The molecule has 3 rings (SSSR count). The van der Waals surface area contributed by atoms with E-state index >= 15 is 0 Å². The molecule has 0 N–H and O–H groups in total. The van der Waals surface area contributed by atoms with Crippen molar-refractivity contribution in [3.05, 3.63) is 41.8 Å². The summed E-state index contributed by atoms with van der Waals surface area (Å²) in [6.07, 6.45) is 2.07. The van der Waals surface area contributed by atoms with Crippen LogP contribution in [-0.2, 0) is 11.2 Å². The van der Waals surface area contributed by atoms with Crippen LogP contribution >= 0.6 is 11.7 Å². The Balaban J connectivity index is 1.54. The van der Waals surface area contributed by atoms with E-state index in [-0.39, 0.29) is 11.7 Å². The number of carbonyl (C=O) groups is 1. The molecule has 1 aliphatic rings. The Morgan fingerprint density at radius 1 is 1.19 bits per heavy atom. The molecule has 1 aliphatic heterocycles. The molecule has 1 fully saturated rings. The van der Waals surface area contributed by atoms with Crippen LogP contribution in [0.3, 0.4) is 0 Å². The summed E-state index contributed by atoms with van der Waals surface area (Å²) in [5.41, 5.74) is 0.840. The van der Waals surface area contributed by atoms with Crippen LogP contribution in [0.2, 0.25) is 0 Å². The van der Waals surface area contributed by atoms with E-state index in [0.29, 0.717) is 19.5 Å². The normalized spacial score (nSPS) is 15.3. The standard InChI is InChI=1S/C14H15FN4OS/c15-12-3-1-11(2-4-12)9-14(20)19-7-5-18(6-8-19)13-10-16-21-17-13/h1-4,10H,5-9H2. The number of amides is 1. The number of benzene rings is 1. The molecule has 1 aromatic carbocycles. The van der Waals surface area contributed by atoms with Crippen molar-refractivity contribution in [2.24, 2.45) is 0 Å². The molecule has 5 nitrogen and oxygen atoms in total. The molecule has 21 heavy (non-hydrogen) atoms. The molecule has 1 aromatic heterocycles. The first kappa shape index (κ1) is 13.9. The molecule has 0 atom stereocenters. The number of rotatable bonds is 3. The maximum atomic E-state index is 12.8. The highest BCUT2D eigenvalue weighted by atomic mass is 32.1. The van der Waals surface area contributed by atoms with Crippen LogP contribution in [0.4, 0.5) is 10.2 Å². The third-order valence-electron chi connectivity index (χ3n) is 3.57. The van der Waals surface area contributed by atoms with Crippen molar-refractivity contribution in [1.29, 1.82) is 0 Å². The Morgan fingerprint density at radius 3 is 2.52 bits per heavy atom. The molecule has 1 saturated heterocycles. The monoisotopic (exact) mass is 306 g/mol. The summed E-state index contributed by atoms with van der Waals surface area (Å²) in [6.45, 7) is 2.89. The van der Waals surface area contributed by atoms with Gasteiger partial charge in [0.1, 0.15) is 5.82 Å². The minimum atomic E-state index is -0.281. The van der Waals surface area contributed by atoms with E-state index in [4.69, 9.17) is 0 Å².